The standard InChI is InChI=1S/C25H32O10.C18H22O4.C10H14O.C8H8O3.3C2H6.Na/c1-23(30)19(27)18(26)22(33-20(23)21(28)29)32-17-5-3-4-14(11-17)25(31-2)24(34-35-25)15-7-12-6-13(9-15)10-16(24)8-12;1-20-18(13-3-2-4-16(19)10-13)17(21-22-18)14-6-11-5-12(8-14)9-15(17)7-11;11-10-8-2-6-1-7(4-8)5-9(10)3-6;1-11-8(10)6-3-2-4-7(9)5-6;3*1-2;/h3-5,11-13,15-16,18-20,22,26-27,30H,6-10H2,1-2H3,(H,28,29);2-4,10-12,14-15,19H,5-9H2,1H3;6-9H,1-5H2;2-5,9H,1H3;3*1-2H3;/q;;;;;;;+1/p-1/t12?,13?,15?,16?,18?,19-,20?,22-,23+,24?,25?;;;;;;;/m1......./s1/i2D3;1D3;;1D3;;;;. The SMILES string of the molecule is CC.CC.CC.O=C1C2CC3CC(C2)CC1C3.[2H]C([2H])([2H])OC(=O)c1cccc(O)c1.[2H]C([2H])([2H])OC1(c2cccc(O)c2)OOC12C1CC3CC(C1)CC2C3.[2H]C([2H])([2H])OC1(c2cccc(O[C@@H]3OC(C(=O)[O-])[C@@](C)(O)[C@H](O)C3O)c2)OOC12C1CC3CC(C1)CC2C3.[Na+]. The van der Waals surface area contributed by atoms with E-state index >= 15 is 0 Å². The Hall–Kier alpha value is -3.73. The van der Waals surface area contributed by atoms with E-state index < -0.39 is 86.0 Å². The molecule has 86 heavy (non-hydrogen) atoms. The first-order valence-electron chi connectivity index (χ1n) is 35.5. The maximum Gasteiger partial charge on any atom is 1.00 e. The summed E-state index contributed by atoms with van der Waals surface area (Å²) in [6.07, 6.45) is 9.15. The monoisotopic (exact) mass is 1220 g/mol. The molecule has 0 amide bonds. The average molecular weight is 1220 g/mol. The van der Waals surface area contributed by atoms with Crippen LogP contribution in [0.2, 0.25) is 0 Å². The Morgan fingerprint density at radius 2 is 1.00 bits per heavy atom. The van der Waals surface area contributed by atoms with E-state index in [1.54, 1.807) is 30.3 Å². The molecule has 18 rings (SSSR count). The topological polar surface area (TPSA) is 258 Å². The van der Waals surface area contributed by atoms with Gasteiger partial charge in [0.2, 0.25) is 6.29 Å². The Bertz CT molecular complexity index is 3040. The van der Waals surface area contributed by atoms with E-state index in [1.807, 2.05) is 41.5 Å². The quantitative estimate of drug-likeness (QED) is 0.0905. The van der Waals surface area contributed by atoms with Crippen molar-refractivity contribution in [2.75, 3.05) is 21.1 Å². The second-order valence-corrected chi connectivity index (χ2v) is 25.2. The molecule has 15 fully saturated rings. The zero-order chi connectivity index (χ0) is 68.9. The van der Waals surface area contributed by atoms with Crippen molar-refractivity contribution in [3.63, 3.8) is 0 Å². The van der Waals surface area contributed by atoms with Crippen molar-refractivity contribution in [1.82, 2.24) is 0 Å². The number of aliphatic carboxylic acids is 1. The smallest absolute Gasteiger partial charge is 0.547 e. The van der Waals surface area contributed by atoms with Gasteiger partial charge in [0.05, 0.1) is 30.9 Å². The van der Waals surface area contributed by atoms with Gasteiger partial charge in [-0.1, -0.05) is 71.9 Å². The van der Waals surface area contributed by atoms with E-state index in [9.17, 15) is 39.9 Å². The molecule has 4 unspecified atom stereocenters. The summed E-state index contributed by atoms with van der Waals surface area (Å²) in [4.78, 5) is 57.1. The molecule has 2 spiro atoms. The second-order valence-electron chi connectivity index (χ2n) is 25.2. The number of carboxylic acids is 1. The number of methoxy groups -OCH3 is 3. The minimum absolute atomic E-state index is 0. The van der Waals surface area contributed by atoms with E-state index in [0.29, 0.717) is 52.4 Å². The maximum absolute atomic E-state index is 11.6. The fraction of sp³-hybridized carbons (Fsp3) is 0.687. The molecule has 18 nitrogen and oxygen atoms in total. The average Bonchev–Trinajstić information content (AvgIpc) is 0.676. The van der Waals surface area contributed by atoms with Gasteiger partial charge in [-0.2, -0.15) is 9.78 Å². The molecule has 12 bridgehead atoms. The maximum atomic E-state index is 11.6. The summed E-state index contributed by atoms with van der Waals surface area (Å²) in [5.41, 5.74) is -3.27. The molecular formula is C67H93NaO18. The van der Waals surface area contributed by atoms with Crippen molar-refractivity contribution in [1.29, 1.82) is 0 Å². The van der Waals surface area contributed by atoms with Gasteiger partial charge in [-0.15, -0.1) is 0 Å². The Balaban J connectivity index is 0.000000173. The van der Waals surface area contributed by atoms with E-state index in [0.717, 1.165) is 76.2 Å². The molecule has 3 saturated heterocycles. The summed E-state index contributed by atoms with van der Waals surface area (Å²) in [7, 11) is -8.21. The molecule has 7 atom stereocenters. The number of carbonyl (C=O) groups excluding carboxylic acids is 3. The van der Waals surface area contributed by atoms with Crippen LogP contribution < -0.4 is 39.4 Å². The van der Waals surface area contributed by atoms with Gasteiger partial charge in [-0.25, -0.2) is 14.6 Å². The number of phenols is 2. The molecule has 5 N–H and O–H groups in total. The number of Topliss-reactive ketones (excluding diaryl/α,β-unsaturated/α-hetero) is 1. The van der Waals surface area contributed by atoms with Crippen molar-refractivity contribution in [3.8, 4) is 17.2 Å². The third-order valence-electron chi connectivity index (χ3n) is 20.6. The molecule has 3 aromatic rings. The van der Waals surface area contributed by atoms with Crippen LogP contribution in [0.1, 0.15) is 179 Å². The van der Waals surface area contributed by atoms with Crippen LogP contribution in [0.5, 0.6) is 17.2 Å². The number of hydrogen-bond acceptors (Lipinski definition) is 18. The van der Waals surface area contributed by atoms with Crippen LogP contribution in [0.25, 0.3) is 0 Å². The fourth-order valence-electron chi connectivity index (χ4n) is 17.8. The molecule has 12 aliphatic carbocycles. The van der Waals surface area contributed by atoms with E-state index in [4.69, 9.17) is 55.9 Å². The normalized spacial score (nSPS) is 43.1. The van der Waals surface area contributed by atoms with Crippen LogP contribution in [0, 0.1) is 71.0 Å². The van der Waals surface area contributed by atoms with Crippen LogP contribution in [0.4, 0.5) is 0 Å². The van der Waals surface area contributed by atoms with Gasteiger partial charge in [0.15, 0.2) is 11.2 Å². The summed E-state index contributed by atoms with van der Waals surface area (Å²) in [6.45, 7) is 13.0. The van der Waals surface area contributed by atoms with E-state index in [2.05, 4.69) is 4.74 Å². The number of esters is 1. The molecule has 3 aromatic carbocycles. The van der Waals surface area contributed by atoms with Crippen molar-refractivity contribution in [3.05, 3.63) is 89.5 Å². The Kier molecular flexibility index (Phi) is 18.2. The number of aliphatic hydroxyl groups is 3. The molecule has 19 heteroatoms. The van der Waals surface area contributed by atoms with Gasteiger partial charge in [-0.05, 0) is 205 Å². The first kappa shape index (κ1) is 56.3. The number of carboxylic acid groups (broad SMARTS) is 1. The van der Waals surface area contributed by atoms with Crippen LogP contribution in [-0.4, -0.2) is 106 Å². The Labute approximate surface area is 542 Å². The Morgan fingerprint density at radius 3 is 1.40 bits per heavy atom. The van der Waals surface area contributed by atoms with Crippen LogP contribution in [0.3, 0.4) is 0 Å². The van der Waals surface area contributed by atoms with Gasteiger partial charge in [0.25, 0.3) is 11.6 Å². The molecule has 0 aromatic heterocycles. The number of phenolic OH excluding ortho intramolecular Hbond substituents is 2. The number of ether oxygens (including phenoxy) is 5. The molecule has 12 saturated carbocycles. The molecule has 470 valence electrons. The van der Waals surface area contributed by atoms with E-state index in [1.165, 1.54) is 81.3 Å². The summed E-state index contributed by atoms with van der Waals surface area (Å²) in [6, 6.07) is 17.9. The minimum Gasteiger partial charge on any atom is -0.547 e. The summed E-state index contributed by atoms with van der Waals surface area (Å²) in [5.74, 6) is 0.568. The first-order valence-corrected chi connectivity index (χ1v) is 31.0. The van der Waals surface area contributed by atoms with Crippen molar-refractivity contribution in [2.24, 2.45) is 71.0 Å². The third-order valence-corrected chi connectivity index (χ3v) is 20.6. The zero-order valence-electron chi connectivity index (χ0n) is 59.8. The van der Waals surface area contributed by atoms with Crippen LogP contribution in [0.15, 0.2) is 72.8 Å². The predicted octanol–water partition coefficient (Wildman–Crippen LogP) is 6.59. The number of carbonyl (C=O) groups is 3. The molecular weight excluding hydrogens is 1120 g/mol. The number of ketones is 1. The minimum atomic E-state index is -2.82. The van der Waals surface area contributed by atoms with Gasteiger partial charge in [-0.3, -0.25) is 4.79 Å². The van der Waals surface area contributed by atoms with Crippen molar-refractivity contribution >= 4 is 17.7 Å². The second kappa shape index (κ2) is 27.8. The summed E-state index contributed by atoms with van der Waals surface area (Å²) < 4.78 is 93.4. The number of aromatic hydroxyl groups is 2. The molecule has 15 aliphatic rings. The number of benzene rings is 3. The largest absolute Gasteiger partial charge is 1.00 e. The van der Waals surface area contributed by atoms with E-state index in [-0.39, 0.29) is 76.0 Å². The zero-order valence-corrected chi connectivity index (χ0v) is 52.8. The molecule has 0 radical (unpaired) electrons. The predicted molar refractivity (Wildman–Crippen MR) is 308 cm³/mol. The van der Waals surface area contributed by atoms with Crippen molar-refractivity contribution in [2.45, 2.75) is 198 Å². The fourth-order valence-corrected chi connectivity index (χ4v) is 17.8. The summed E-state index contributed by atoms with van der Waals surface area (Å²) >= 11 is 0. The van der Waals surface area contributed by atoms with Gasteiger partial charge < -0.3 is 59.1 Å². The number of hydrogen-bond donors (Lipinski definition) is 5. The number of rotatable bonds is 8. The van der Waals surface area contributed by atoms with Crippen LogP contribution in [-0.2, 0) is 59.7 Å². The molecule has 3 aliphatic heterocycles. The van der Waals surface area contributed by atoms with Gasteiger partial charge in [0, 0.05) is 37.0 Å². The summed E-state index contributed by atoms with van der Waals surface area (Å²) in [5, 5.41) is 61.7. The molecule has 3 heterocycles. The number of aliphatic hydroxyl groups excluding tert-OH is 2. The Morgan fingerprint density at radius 1 is 0.581 bits per heavy atom. The van der Waals surface area contributed by atoms with Crippen molar-refractivity contribution < 1.29 is 130 Å². The van der Waals surface area contributed by atoms with Gasteiger partial charge >= 0.3 is 35.5 Å². The van der Waals surface area contributed by atoms with Gasteiger partial charge in [0.1, 0.15) is 46.9 Å². The van der Waals surface area contributed by atoms with Crippen LogP contribution >= 0.6 is 0 Å². The third kappa shape index (κ3) is 11.9. The first-order chi connectivity index (χ1) is 44.3.